The van der Waals surface area contributed by atoms with Gasteiger partial charge in [0.25, 0.3) is 0 Å². The molecule has 12 heavy (non-hydrogen) atoms. The molecular formula is C8H15N3O. The quantitative estimate of drug-likeness (QED) is 0.545. The predicted octanol–water partition coefficient (Wildman–Crippen LogP) is -0.882. The van der Waals surface area contributed by atoms with Crippen LogP contribution in [0, 0.1) is 11.3 Å². The first-order chi connectivity index (χ1) is 5.77. The summed E-state index contributed by atoms with van der Waals surface area (Å²) in [7, 11) is 2.03. The number of rotatable bonds is 2. The van der Waals surface area contributed by atoms with Crippen LogP contribution in [0.2, 0.25) is 0 Å². The lowest BCUT2D eigenvalue weighted by Gasteiger charge is -2.37. The molecule has 1 atom stereocenters. The molecule has 0 spiro atoms. The molecule has 0 aromatic rings. The molecule has 0 aromatic carbocycles. The topological polar surface area (TPSA) is 50.5 Å². The van der Waals surface area contributed by atoms with E-state index < -0.39 is 0 Å². The summed E-state index contributed by atoms with van der Waals surface area (Å²) in [6.07, 6.45) is 0. The van der Waals surface area contributed by atoms with Crippen molar-refractivity contribution in [1.82, 2.24) is 9.80 Å². The maximum atomic E-state index is 9.03. The minimum absolute atomic E-state index is 0.142. The number of nitriles is 1. The van der Waals surface area contributed by atoms with Gasteiger partial charge in [0, 0.05) is 25.7 Å². The van der Waals surface area contributed by atoms with Crippen LogP contribution < -0.4 is 0 Å². The molecule has 1 saturated heterocycles. The van der Waals surface area contributed by atoms with E-state index in [2.05, 4.69) is 11.0 Å². The molecule has 4 heteroatoms. The molecule has 1 rings (SSSR count). The highest BCUT2D eigenvalue weighted by Crippen LogP contribution is 2.06. The molecule has 0 amide bonds. The maximum absolute atomic E-state index is 9.03. The van der Waals surface area contributed by atoms with Crippen molar-refractivity contribution >= 4 is 0 Å². The van der Waals surface area contributed by atoms with Crippen molar-refractivity contribution in [3.63, 3.8) is 0 Å². The van der Waals surface area contributed by atoms with Crippen molar-refractivity contribution < 1.29 is 5.11 Å². The van der Waals surface area contributed by atoms with E-state index in [0.717, 1.165) is 19.6 Å². The lowest BCUT2D eigenvalue weighted by molar-refractivity contribution is 0.0608. The number of hydrogen-bond acceptors (Lipinski definition) is 4. The van der Waals surface area contributed by atoms with E-state index in [9.17, 15) is 0 Å². The molecule has 1 aliphatic heterocycles. The van der Waals surface area contributed by atoms with Crippen molar-refractivity contribution in [1.29, 1.82) is 5.26 Å². The largest absolute Gasteiger partial charge is 0.395 e. The van der Waals surface area contributed by atoms with E-state index in [0.29, 0.717) is 6.54 Å². The first-order valence-electron chi connectivity index (χ1n) is 4.18. The Morgan fingerprint density at radius 1 is 1.58 bits per heavy atom. The van der Waals surface area contributed by atoms with Crippen molar-refractivity contribution in [3.05, 3.63) is 0 Å². The molecule has 68 valence electrons. The number of aliphatic hydroxyl groups excluding tert-OH is 1. The van der Waals surface area contributed by atoms with E-state index in [-0.39, 0.29) is 12.6 Å². The summed E-state index contributed by atoms with van der Waals surface area (Å²) in [4.78, 5) is 4.20. The predicted molar refractivity (Wildman–Crippen MR) is 45.6 cm³/mol. The Balaban J connectivity index is 2.45. The Kier molecular flexibility index (Phi) is 3.48. The van der Waals surface area contributed by atoms with Gasteiger partial charge in [0.1, 0.15) is 0 Å². The molecule has 0 radical (unpaired) electrons. The fourth-order valence-corrected chi connectivity index (χ4v) is 1.52. The first kappa shape index (κ1) is 9.46. The number of nitrogens with zero attached hydrogens (tertiary/aromatic N) is 3. The van der Waals surface area contributed by atoms with Crippen molar-refractivity contribution in [3.8, 4) is 6.07 Å². The van der Waals surface area contributed by atoms with Gasteiger partial charge in [-0.1, -0.05) is 0 Å². The molecule has 1 heterocycles. The van der Waals surface area contributed by atoms with Crippen LogP contribution in [0.4, 0.5) is 0 Å². The molecule has 1 aliphatic rings. The number of aliphatic hydroxyl groups is 1. The van der Waals surface area contributed by atoms with Crippen LogP contribution in [-0.2, 0) is 0 Å². The SMILES string of the molecule is CN1CCN(CC#N)C(CO)C1. The van der Waals surface area contributed by atoms with E-state index >= 15 is 0 Å². The maximum Gasteiger partial charge on any atom is 0.0870 e. The third kappa shape index (κ3) is 2.18. The van der Waals surface area contributed by atoms with Crippen LogP contribution in [0.5, 0.6) is 0 Å². The third-order valence-corrected chi connectivity index (χ3v) is 2.29. The van der Waals surface area contributed by atoms with Gasteiger partial charge in [-0.05, 0) is 7.05 Å². The Morgan fingerprint density at radius 2 is 2.33 bits per heavy atom. The second kappa shape index (κ2) is 4.41. The summed E-state index contributed by atoms with van der Waals surface area (Å²) in [5, 5.41) is 17.5. The standard InChI is InChI=1S/C8H15N3O/c1-10-4-5-11(3-2-9)8(6-10)7-12/h8,12H,3-7H2,1H3. The van der Waals surface area contributed by atoms with E-state index in [1.54, 1.807) is 0 Å². The number of hydrogen-bond donors (Lipinski definition) is 1. The molecule has 0 aromatic heterocycles. The van der Waals surface area contributed by atoms with Gasteiger partial charge in [-0.2, -0.15) is 5.26 Å². The fraction of sp³-hybridized carbons (Fsp3) is 0.875. The minimum atomic E-state index is 0.142. The smallest absolute Gasteiger partial charge is 0.0870 e. The van der Waals surface area contributed by atoms with Gasteiger partial charge in [-0.25, -0.2) is 0 Å². The summed E-state index contributed by atoms with van der Waals surface area (Å²) >= 11 is 0. The van der Waals surface area contributed by atoms with E-state index in [1.807, 2.05) is 11.9 Å². The van der Waals surface area contributed by atoms with Gasteiger partial charge in [0.2, 0.25) is 0 Å². The van der Waals surface area contributed by atoms with Crippen LogP contribution in [0.15, 0.2) is 0 Å². The normalized spacial score (nSPS) is 26.9. The number of likely N-dealkylation sites (N-methyl/N-ethyl adjacent to an activating group) is 1. The second-order valence-corrected chi connectivity index (χ2v) is 3.23. The van der Waals surface area contributed by atoms with E-state index in [1.165, 1.54) is 0 Å². The van der Waals surface area contributed by atoms with Gasteiger partial charge >= 0.3 is 0 Å². The summed E-state index contributed by atoms with van der Waals surface area (Å²) in [5.74, 6) is 0. The average molecular weight is 169 g/mol. The van der Waals surface area contributed by atoms with Gasteiger partial charge < -0.3 is 10.0 Å². The van der Waals surface area contributed by atoms with Gasteiger partial charge in [-0.15, -0.1) is 0 Å². The first-order valence-corrected chi connectivity index (χ1v) is 4.18. The summed E-state index contributed by atoms with van der Waals surface area (Å²) in [6.45, 7) is 3.30. The summed E-state index contributed by atoms with van der Waals surface area (Å²) in [5.41, 5.74) is 0. The lowest BCUT2D eigenvalue weighted by Crippen LogP contribution is -2.53. The Bertz CT molecular complexity index is 178. The van der Waals surface area contributed by atoms with Crippen LogP contribution in [0.1, 0.15) is 0 Å². The molecule has 1 N–H and O–H groups in total. The highest BCUT2D eigenvalue weighted by molar-refractivity contribution is 4.86. The molecule has 0 aliphatic carbocycles. The second-order valence-electron chi connectivity index (χ2n) is 3.23. The van der Waals surface area contributed by atoms with Crippen LogP contribution >= 0.6 is 0 Å². The molecule has 1 unspecified atom stereocenters. The number of piperazine rings is 1. The van der Waals surface area contributed by atoms with Crippen LogP contribution in [-0.4, -0.2) is 60.8 Å². The van der Waals surface area contributed by atoms with E-state index in [4.69, 9.17) is 10.4 Å². The van der Waals surface area contributed by atoms with Crippen molar-refractivity contribution in [2.24, 2.45) is 0 Å². The highest BCUT2D eigenvalue weighted by Gasteiger charge is 2.23. The summed E-state index contributed by atoms with van der Waals surface area (Å²) < 4.78 is 0. The highest BCUT2D eigenvalue weighted by atomic mass is 16.3. The molecule has 4 nitrogen and oxygen atoms in total. The van der Waals surface area contributed by atoms with Crippen LogP contribution in [0.25, 0.3) is 0 Å². The minimum Gasteiger partial charge on any atom is -0.395 e. The zero-order chi connectivity index (χ0) is 8.97. The Labute approximate surface area is 73.0 Å². The molecular weight excluding hydrogens is 154 g/mol. The average Bonchev–Trinajstić information content (AvgIpc) is 2.08. The van der Waals surface area contributed by atoms with Gasteiger partial charge in [0.15, 0.2) is 0 Å². The lowest BCUT2D eigenvalue weighted by atomic mass is 10.2. The monoisotopic (exact) mass is 169 g/mol. The zero-order valence-corrected chi connectivity index (χ0v) is 7.40. The zero-order valence-electron chi connectivity index (χ0n) is 7.40. The van der Waals surface area contributed by atoms with Gasteiger partial charge in [0.05, 0.1) is 19.2 Å². The Morgan fingerprint density at radius 3 is 2.92 bits per heavy atom. The van der Waals surface area contributed by atoms with Gasteiger partial charge in [-0.3, -0.25) is 4.90 Å². The fourth-order valence-electron chi connectivity index (χ4n) is 1.52. The van der Waals surface area contributed by atoms with Crippen LogP contribution in [0.3, 0.4) is 0 Å². The Hall–Kier alpha value is -0.630. The molecule has 0 bridgehead atoms. The summed E-state index contributed by atoms with van der Waals surface area (Å²) in [6, 6.07) is 2.25. The van der Waals surface area contributed by atoms with Crippen molar-refractivity contribution in [2.75, 3.05) is 39.8 Å². The molecule has 0 saturated carbocycles. The van der Waals surface area contributed by atoms with Crippen molar-refractivity contribution in [2.45, 2.75) is 6.04 Å². The third-order valence-electron chi connectivity index (χ3n) is 2.29. The molecule has 1 fully saturated rings.